The lowest BCUT2D eigenvalue weighted by Gasteiger charge is -2.34. The van der Waals surface area contributed by atoms with Gasteiger partial charge in [0, 0.05) is 12.6 Å². The van der Waals surface area contributed by atoms with Gasteiger partial charge >= 0.3 is 6.03 Å². The first-order valence-electron chi connectivity index (χ1n) is 9.93. The topological polar surface area (TPSA) is 75.5 Å². The third-order valence-corrected chi connectivity index (χ3v) is 6.68. The zero-order valence-corrected chi connectivity index (χ0v) is 17.2. The fourth-order valence-corrected chi connectivity index (χ4v) is 5.20. The van der Waals surface area contributed by atoms with Gasteiger partial charge in [-0.2, -0.15) is 0 Å². The van der Waals surface area contributed by atoms with E-state index < -0.39 is 12.1 Å². The molecule has 0 aliphatic carbocycles. The monoisotopic (exact) mass is 409 g/mol. The van der Waals surface area contributed by atoms with E-state index in [-0.39, 0.29) is 5.91 Å². The minimum atomic E-state index is -0.477. The SMILES string of the molecule is CNC(=O)NC(=O)[C@H](c1ccccc1)[NH+]1CCC[C@H](c2nc3ccccc3s2)C1. The van der Waals surface area contributed by atoms with Crippen molar-refractivity contribution >= 4 is 33.5 Å². The van der Waals surface area contributed by atoms with Crippen LogP contribution < -0.4 is 15.5 Å². The number of para-hydroxylation sites is 1. The number of likely N-dealkylation sites (tertiary alicyclic amines) is 1. The largest absolute Gasteiger partial charge is 0.341 e. The van der Waals surface area contributed by atoms with E-state index in [4.69, 9.17) is 4.98 Å². The molecule has 1 aliphatic rings. The van der Waals surface area contributed by atoms with Crippen molar-refractivity contribution < 1.29 is 14.5 Å². The summed E-state index contributed by atoms with van der Waals surface area (Å²) in [7, 11) is 1.51. The fraction of sp³-hybridized carbons (Fsp3) is 0.318. The van der Waals surface area contributed by atoms with Gasteiger partial charge in [-0.25, -0.2) is 9.78 Å². The van der Waals surface area contributed by atoms with E-state index in [9.17, 15) is 9.59 Å². The summed E-state index contributed by atoms with van der Waals surface area (Å²) in [5.74, 6) is 0.0469. The van der Waals surface area contributed by atoms with Crippen LogP contribution in [0.1, 0.15) is 35.4 Å². The van der Waals surface area contributed by atoms with Gasteiger partial charge in [0.1, 0.15) is 5.01 Å². The van der Waals surface area contributed by atoms with E-state index >= 15 is 0 Å². The summed E-state index contributed by atoms with van der Waals surface area (Å²) >= 11 is 1.75. The van der Waals surface area contributed by atoms with E-state index in [1.807, 2.05) is 48.5 Å². The first kappa shape index (κ1) is 19.5. The average molecular weight is 410 g/mol. The fourth-order valence-electron chi connectivity index (χ4n) is 4.10. The van der Waals surface area contributed by atoms with Crippen molar-refractivity contribution in [2.45, 2.75) is 24.8 Å². The number of benzene rings is 2. The molecule has 3 amide bonds. The number of hydrogen-bond acceptors (Lipinski definition) is 4. The molecule has 4 rings (SSSR count). The van der Waals surface area contributed by atoms with Crippen LogP contribution in [0.15, 0.2) is 54.6 Å². The van der Waals surface area contributed by atoms with Gasteiger partial charge in [0.05, 0.1) is 29.2 Å². The lowest BCUT2D eigenvalue weighted by Crippen LogP contribution is -3.14. The summed E-state index contributed by atoms with van der Waals surface area (Å²) in [6, 6.07) is 17.0. The third-order valence-electron chi connectivity index (χ3n) is 5.49. The Labute approximate surface area is 173 Å². The number of aromatic nitrogens is 1. The molecule has 1 aromatic heterocycles. The quantitative estimate of drug-likeness (QED) is 0.619. The predicted molar refractivity (Wildman–Crippen MR) is 114 cm³/mol. The van der Waals surface area contributed by atoms with Gasteiger partial charge in [0.25, 0.3) is 5.91 Å². The highest BCUT2D eigenvalue weighted by molar-refractivity contribution is 7.18. The van der Waals surface area contributed by atoms with Crippen molar-refractivity contribution in [2.75, 3.05) is 20.1 Å². The summed E-state index contributed by atoms with van der Waals surface area (Å²) < 4.78 is 1.20. The second-order valence-electron chi connectivity index (χ2n) is 7.38. The van der Waals surface area contributed by atoms with E-state index in [1.54, 1.807) is 11.3 Å². The number of quaternary nitrogens is 1. The number of nitrogens with zero attached hydrogens (tertiary/aromatic N) is 1. The predicted octanol–water partition coefficient (Wildman–Crippen LogP) is 2.26. The molecule has 7 heteroatoms. The van der Waals surface area contributed by atoms with Crippen molar-refractivity contribution in [3.63, 3.8) is 0 Å². The number of imide groups is 1. The number of urea groups is 1. The van der Waals surface area contributed by atoms with Crippen LogP contribution in [0.5, 0.6) is 0 Å². The van der Waals surface area contributed by atoms with Gasteiger partial charge in [-0.15, -0.1) is 11.3 Å². The summed E-state index contributed by atoms with van der Waals surface area (Å²) in [4.78, 5) is 30.8. The van der Waals surface area contributed by atoms with Crippen molar-refractivity contribution in [2.24, 2.45) is 0 Å². The molecular formula is C22H25N4O2S+. The minimum Gasteiger partial charge on any atom is -0.341 e. The standard InChI is InChI=1S/C22H24N4O2S/c1-23-22(28)25-20(27)19(15-8-3-2-4-9-15)26-13-7-10-16(14-26)21-24-17-11-5-6-12-18(17)29-21/h2-6,8-9,11-12,16,19H,7,10,13-14H2,1H3,(H2,23,25,27,28)/p+1/t16-,19-/m0/s1. The highest BCUT2D eigenvalue weighted by atomic mass is 32.1. The first-order chi connectivity index (χ1) is 14.2. The van der Waals surface area contributed by atoms with Crippen LogP contribution in [0, 0.1) is 0 Å². The maximum Gasteiger partial charge on any atom is 0.321 e. The van der Waals surface area contributed by atoms with Gasteiger partial charge in [-0.3, -0.25) is 10.1 Å². The van der Waals surface area contributed by atoms with Crippen LogP contribution in [0.3, 0.4) is 0 Å². The van der Waals surface area contributed by atoms with Crippen molar-refractivity contribution in [3.8, 4) is 0 Å². The third kappa shape index (κ3) is 4.31. The van der Waals surface area contributed by atoms with Crippen LogP contribution in [0.2, 0.25) is 0 Å². The molecule has 3 atom stereocenters. The Morgan fingerprint density at radius 1 is 1.14 bits per heavy atom. The molecule has 2 aromatic carbocycles. The summed E-state index contributed by atoms with van der Waals surface area (Å²) in [6.07, 6.45) is 2.09. The Balaban J connectivity index is 1.60. The number of fused-ring (bicyclic) bond motifs is 1. The number of thiazole rings is 1. The molecular weight excluding hydrogens is 384 g/mol. The van der Waals surface area contributed by atoms with E-state index in [2.05, 4.69) is 16.7 Å². The van der Waals surface area contributed by atoms with E-state index in [0.29, 0.717) is 5.92 Å². The summed E-state index contributed by atoms with van der Waals surface area (Å²) in [5, 5.41) is 6.09. The zero-order valence-electron chi connectivity index (χ0n) is 16.4. The Morgan fingerprint density at radius 2 is 1.90 bits per heavy atom. The van der Waals surface area contributed by atoms with Crippen molar-refractivity contribution in [1.29, 1.82) is 0 Å². The molecule has 0 bridgehead atoms. The smallest absolute Gasteiger partial charge is 0.321 e. The Kier molecular flexibility index (Phi) is 5.87. The number of carbonyl (C=O) groups is 2. The molecule has 29 heavy (non-hydrogen) atoms. The Hall–Kier alpha value is -2.77. The molecule has 1 saturated heterocycles. The van der Waals surface area contributed by atoms with E-state index in [0.717, 1.165) is 42.0 Å². The Bertz CT molecular complexity index is 971. The van der Waals surface area contributed by atoms with Crippen LogP contribution in [0.25, 0.3) is 10.2 Å². The number of nitrogens with one attached hydrogen (secondary N) is 3. The number of carbonyl (C=O) groups excluding carboxylic acids is 2. The lowest BCUT2D eigenvalue weighted by atomic mass is 9.94. The van der Waals surface area contributed by atoms with Crippen LogP contribution in [-0.2, 0) is 4.79 Å². The normalized spacial score (nSPS) is 20.2. The molecule has 0 saturated carbocycles. The summed E-state index contributed by atoms with van der Waals surface area (Å²) in [6.45, 7) is 1.71. The van der Waals surface area contributed by atoms with Gasteiger partial charge in [0.2, 0.25) is 0 Å². The maximum absolute atomic E-state index is 13.0. The molecule has 150 valence electrons. The molecule has 3 N–H and O–H groups in total. The first-order valence-corrected chi connectivity index (χ1v) is 10.7. The maximum atomic E-state index is 13.0. The second-order valence-corrected chi connectivity index (χ2v) is 8.45. The van der Waals surface area contributed by atoms with E-state index in [1.165, 1.54) is 16.6 Å². The molecule has 6 nitrogen and oxygen atoms in total. The highest BCUT2D eigenvalue weighted by Gasteiger charge is 2.37. The van der Waals surface area contributed by atoms with Gasteiger partial charge in [-0.1, -0.05) is 42.5 Å². The van der Waals surface area contributed by atoms with Crippen molar-refractivity contribution in [3.05, 3.63) is 65.2 Å². The summed E-state index contributed by atoms with van der Waals surface area (Å²) in [5.41, 5.74) is 1.96. The molecule has 1 unspecified atom stereocenters. The number of rotatable bonds is 4. The number of amides is 3. The number of piperidine rings is 1. The lowest BCUT2D eigenvalue weighted by molar-refractivity contribution is -0.928. The molecule has 3 aromatic rings. The molecule has 0 spiro atoms. The molecule has 0 radical (unpaired) electrons. The molecule has 2 heterocycles. The van der Waals surface area contributed by atoms with Gasteiger partial charge in [0.15, 0.2) is 6.04 Å². The zero-order chi connectivity index (χ0) is 20.2. The van der Waals surface area contributed by atoms with Crippen LogP contribution in [-0.4, -0.2) is 37.1 Å². The number of hydrogen-bond donors (Lipinski definition) is 3. The molecule has 1 aliphatic heterocycles. The van der Waals surface area contributed by atoms with Gasteiger partial charge in [-0.05, 0) is 25.0 Å². The van der Waals surface area contributed by atoms with Crippen LogP contribution >= 0.6 is 11.3 Å². The highest BCUT2D eigenvalue weighted by Crippen LogP contribution is 2.30. The van der Waals surface area contributed by atoms with Gasteiger partial charge < -0.3 is 10.2 Å². The Morgan fingerprint density at radius 3 is 2.66 bits per heavy atom. The average Bonchev–Trinajstić information content (AvgIpc) is 3.19. The van der Waals surface area contributed by atoms with Crippen molar-refractivity contribution in [1.82, 2.24) is 15.6 Å². The molecule has 1 fully saturated rings. The second kappa shape index (κ2) is 8.71. The van der Waals surface area contributed by atoms with Crippen LogP contribution in [0.4, 0.5) is 4.79 Å². The minimum absolute atomic E-state index is 0.268.